The fraction of sp³-hybridized carbons (Fsp3) is 0.296. The SMILES string of the molecule is O=C(NCC(=O)N(Cc1ccccc1)[C@@H](C(=O)NC[C@@H]1CCCO1)c1ccccc1)c1cccs1. The zero-order chi connectivity index (χ0) is 24.5. The van der Waals surface area contributed by atoms with Gasteiger partial charge in [-0.15, -0.1) is 11.3 Å². The van der Waals surface area contributed by atoms with E-state index in [-0.39, 0.29) is 36.9 Å². The van der Waals surface area contributed by atoms with Gasteiger partial charge in [0.2, 0.25) is 11.8 Å². The number of hydrogen-bond acceptors (Lipinski definition) is 5. The molecule has 1 saturated heterocycles. The molecule has 3 amide bonds. The summed E-state index contributed by atoms with van der Waals surface area (Å²) < 4.78 is 5.65. The molecule has 4 rings (SSSR count). The van der Waals surface area contributed by atoms with Crippen molar-refractivity contribution in [3.8, 4) is 0 Å². The van der Waals surface area contributed by atoms with Crippen molar-refractivity contribution >= 4 is 29.1 Å². The first-order valence-corrected chi connectivity index (χ1v) is 12.6. The van der Waals surface area contributed by atoms with E-state index in [1.165, 1.54) is 16.2 Å². The zero-order valence-corrected chi connectivity index (χ0v) is 20.2. The lowest BCUT2D eigenvalue weighted by atomic mass is 10.0. The molecule has 1 aliphatic rings. The lowest BCUT2D eigenvalue weighted by Crippen LogP contribution is -2.47. The molecule has 2 N–H and O–H groups in total. The first-order valence-electron chi connectivity index (χ1n) is 11.7. The van der Waals surface area contributed by atoms with Gasteiger partial charge in [0.15, 0.2) is 0 Å². The maximum atomic E-state index is 13.5. The molecule has 0 bridgehead atoms. The minimum Gasteiger partial charge on any atom is -0.376 e. The molecule has 0 radical (unpaired) electrons. The third-order valence-corrected chi connectivity index (χ3v) is 6.73. The van der Waals surface area contributed by atoms with Crippen LogP contribution in [0.25, 0.3) is 0 Å². The van der Waals surface area contributed by atoms with Gasteiger partial charge in [0, 0.05) is 19.7 Å². The highest BCUT2D eigenvalue weighted by Gasteiger charge is 2.32. The van der Waals surface area contributed by atoms with E-state index in [1.807, 2.05) is 66.0 Å². The van der Waals surface area contributed by atoms with E-state index in [0.29, 0.717) is 23.6 Å². The molecular weight excluding hydrogens is 462 g/mol. The van der Waals surface area contributed by atoms with Gasteiger partial charge in [-0.05, 0) is 35.4 Å². The Morgan fingerprint density at radius 2 is 1.71 bits per heavy atom. The van der Waals surface area contributed by atoms with Gasteiger partial charge in [-0.1, -0.05) is 66.7 Å². The molecule has 1 aliphatic heterocycles. The van der Waals surface area contributed by atoms with Crippen molar-refractivity contribution in [3.05, 3.63) is 94.2 Å². The molecule has 0 aliphatic carbocycles. The number of nitrogens with zero attached hydrogens (tertiary/aromatic N) is 1. The Labute approximate surface area is 209 Å². The first kappa shape index (κ1) is 24.6. The third kappa shape index (κ3) is 6.77. The van der Waals surface area contributed by atoms with E-state index in [1.54, 1.807) is 12.1 Å². The number of amides is 3. The number of ether oxygens (including phenoxy) is 1. The summed E-state index contributed by atoms with van der Waals surface area (Å²) in [5.41, 5.74) is 1.59. The second-order valence-electron chi connectivity index (χ2n) is 8.36. The summed E-state index contributed by atoms with van der Waals surface area (Å²) in [6.07, 6.45) is 1.86. The highest BCUT2D eigenvalue weighted by molar-refractivity contribution is 7.12. The largest absolute Gasteiger partial charge is 0.376 e. The van der Waals surface area contributed by atoms with Crippen molar-refractivity contribution in [2.45, 2.75) is 31.5 Å². The van der Waals surface area contributed by atoms with Crippen LogP contribution in [0.5, 0.6) is 0 Å². The van der Waals surface area contributed by atoms with Crippen molar-refractivity contribution in [2.75, 3.05) is 19.7 Å². The standard InChI is InChI=1S/C27H29N3O4S/c31-24(18-29-26(32)23-14-8-16-35-23)30(19-20-9-3-1-4-10-20)25(21-11-5-2-6-12-21)27(33)28-17-22-13-7-15-34-22/h1-6,8-12,14,16,22,25H,7,13,15,17-19H2,(H,28,33)(H,29,32)/t22-,25+/m0/s1. The van der Waals surface area contributed by atoms with Crippen molar-refractivity contribution in [2.24, 2.45) is 0 Å². The molecule has 2 atom stereocenters. The molecule has 1 fully saturated rings. The lowest BCUT2D eigenvalue weighted by molar-refractivity contribution is -0.141. The molecule has 0 unspecified atom stereocenters. The number of carbonyl (C=O) groups is 3. The second kappa shape index (κ2) is 12.3. The average molecular weight is 492 g/mol. The van der Waals surface area contributed by atoms with Crippen LogP contribution in [0.1, 0.15) is 39.7 Å². The van der Waals surface area contributed by atoms with Crippen LogP contribution in [-0.2, 0) is 20.9 Å². The predicted octanol–water partition coefficient (Wildman–Crippen LogP) is 3.54. The summed E-state index contributed by atoms with van der Waals surface area (Å²) in [5, 5.41) is 7.50. The monoisotopic (exact) mass is 491 g/mol. The predicted molar refractivity (Wildman–Crippen MR) is 135 cm³/mol. The molecule has 7 nitrogen and oxygen atoms in total. The molecular formula is C27H29N3O4S. The van der Waals surface area contributed by atoms with E-state index < -0.39 is 6.04 Å². The number of carbonyl (C=O) groups excluding carboxylic acids is 3. The third-order valence-electron chi connectivity index (χ3n) is 5.86. The summed E-state index contributed by atoms with van der Waals surface area (Å²) in [4.78, 5) is 41.5. The maximum Gasteiger partial charge on any atom is 0.261 e. The van der Waals surface area contributed by atoms with Crippen LogP contribution >= 0.6 is 11.3 Å². The van der Waals surface area contributed by atoms with Crippen LogP contribution in [0.15, 0.2) is 78.2 Å². The van der Waals surface area contributed by atoms with E-state index in [0.717, 1.165) is 18.4 Å². The van der Waals surface area contributed by atoms with E-state index in [9.17, 15) is 14.4 Å². The second-order valence-corrected chi connectivity index (χ2v) is 9.31. The summed E-state index contributed by atoms with van der Waals surface area (Å²) in [6.45, 7) is 1.10. The first-order chi connectivity index (χ1) is 17.1. The van der Waals surface area contributed by atoms with Crippen LogP contribution in [0.4, 0.5) is 0 Å². The summed E-state index contributed by atoms with van der Waals surface area (Å²) in [5.74, 6) is -0.937. The quantitative estimate of drug-likeness (QED) is 0.454. The fourth-order valence-corrected chi connectivity index (χ4v) is 4.72. The summed E-state index contributed by atoms with van der Waals surface area (Å²) in [7, 11) is 0. The van der Waals surface area contributed by atoms with Crippen LogP contribution in [0, 0.1) is 0 Å². The van der Waals surface area contributed by atoms with Crippen LogP contribution in [-0.4, -0.2) is 48.4 Å². The minimum absolute atomic E-state index is 0.0151. The van der Waals surface area contributed by atoms with E-state index in [4.69, 9.17) is 4.74 Å². The Balaban J connectivity index is 1.57. The van der Waals surface area contributed by atoms with Gasteiger partial charge in [0.1, 0.15) is 6.04 Å². The van der Waals surface area contributed by atoms with Crippen LogP contribution in [0.3, 0.4) is 0 Å². The fourth-order valence-electron chi connectivity index (χ4n) is 4.08. The topological polar surface area (TPSA) is 87.7 Å². The van der Waals surface area contributed by atoms with Crippen molar-refractivity contribution < 1.29 is 19.1 Å². The highest BCUT2D eigenvalue weighted by atomic mass is 32.1. The van der Waals surface area contributed by atoms with E-state index in [2.05, 4.69) is 10.6 Å². The Hall–Kier alpha value is -3.49. The number of nitrogens with one attached hydrogen (secondary N) is 2. The molecule has 0 spiro atoms. The highest BCUT2D eigenvalue weighted by Crippen LogP contribution is 2.24. The van der Waals surface area contributed by atoms with Gasteiger partial charge < -0.3 is 20.3 Å². The Morgan fingerprint density at radius 1 is 0.971 bits per heavy atom. The Kier molecular flexibility index (Phi) is 8.64. The molecule has 2 heterocycles. The molecule has 3 aromatic rings. The number of thiophene rings is 1. The number of rotatable bonds is 10. The average Bonchev–Trinajstić information content (AvgIpc) is 3.62. The molecule has 35 heavy (non-hydrogen) atoms. The van der Waals surface area contributed by atoms with E-state index >= 15 is 0 Å². The minimum atomic E-state index is -0.857. The molecule has 2 aromatic carbocycles. The molecule has 8 heteroatoms. The van der Waals surface area contributed by atoms with Gasteiger partial charge in [-0.2, -0.15) is 0 Å². The summed E-state index contributed by atoms with van der Waals surface area (Å²) >= 11 is 1.31. The normalized spacial score (nSPS) is 15.8. The van der Waals surface area contributed by atoms with Crippen molar-refractivity contribution in [3.63, 3.8) is 0 Å². The van der Waals surface area contributed by atoms with Gasteiger partial charge in [-0.25, -0.2) is 0 Å². The zero-order valence-electron chi connectivity index (χ0n) is 19.4. The number of hydrogen-bond donors (Lipinski definition) is 2. The van der Waals surface area contributed by atoms with Crippen molar-refractivity contribution in [1.82, 2.24) is 15.5 Å². The van der Waals surface area contributed by atoms with Gasteiger partial charge >= 0.3 is 0 Å². The van der Waals surface area contributed by atoms with Crippen molar-refractivity contribution in [1.29, 1.82) is 0 Å². The Bertz CT molecular complexity index is 1100. The Morgan fingerprint density at radius 3 is 2.37 bits per heavy atom. The van der Waals surface area contributed by atoms with Gasteiger partial charge in [0.25, 0.3) is 5.91 Å². The van der Waals surface area contributed by atoms with Gasteiger partial charge in [0.05, 0.1) is 17.5 Å². The molecule has 0 saturated carbocycles. The lowest BCUT2D eigenvalue weighted by Gasteiger charge is -2.32. The molecule has 1 aromatic heterocycles. The maximum absolute atomic E-state index is 13.5. The number of benzene rings is 2. The van der Waals surface area contributed by atoms with Crippen LogP contribution in [0.2, 0.25) is 0 Å². The van der Waals surface area contributed by atoms with Crippen LogP contribution < -0.4 is 10.6 Å². The van der Waals surface area contributed by atoms with Gasteiger partial charge in [-0.3, -0.25) is 14.4 Å². The smallest absolute Gasteiger partial charge is 0.261 e. The summed E-state index contributed by atoms with van der Waals surface area (Å²) in [6, 6.07) is 21.4. The molecule has 182 valence electrons.